The molecule has 5 amide bonds. The molecule has 434 valence electrons. The van der Waals surface area contributed by atoms with Crippen molar-refractivity contribution in [1.82, 2.24) is 19.6 Å². The van der Waals surface area contributed by atoms with Gasteiger partial charge in [0.1, 0.15) is 18.2 Å². The zero-order valence-corrected chi connectivity index (χ0v) is 48.6. The lowest BCUT2D eigenvalue weighted by Gasteiger charge is -2.41. The number of nitrogens with zero attached hydrogens (tertiary/aromatic N) is 4. The van der Waals surface area contributed by atoms with Crippen LogP contribution < -0.4 is 0 Å². The molecule has 2 aromatic carbocycles. The summed E-state index contributed by atoms with van der Waals surface area (Å²) in [6.45, 7) is 15.7. The van der Waals surface area contributed by atoms with Gasteiger partial charge in [0.15, 0.2) is 5.78 Å². The van der Waals surface area contributed by atoms with Crippen LogP contribution in [0.5, 0.6) is 0 Å². The first kappa shape index (κ1) is 64.7. The fraction of sp³-hybridized carbons (Fsp3) is 0.656. The molecule has 1 unspecified atom stereocenters. The summed E-state index contributed by atoms with van der Waals surface area (Å²) in [4.78, 5) is 126. The zero-order valence-electron chi connectivity index (χ0n) is 48.6. The smallest absolute Gasteiger partial charge is 0.410 e. The molecule has 2 aliphatic rings. The first-order valence-electron chi connectivity index (χ1n) is 28.2. The molecule has 0 radical (unpaired) electrons. The van der Waals surface area contributed by atoms with Crippen LogP contribution in [0, 0.1) is 41.4 Å². The van der Waals surface area contributed by atoms with Gasteiger partial charge in [-0.15, -0.1) is 0 Å². The van der Waals surface area contributed by atoms with Crippen molar-refractivity contribution in [2.24, 2.45) is 41.4 Å². The van der Waals surface area contributed by atoms with Crippen LogP contribution in [0.2, 0.25) is 0 Å². The third-order valence-electron chi connectivity index (χ3n) is 16.3. The molecule has 0 saturated carbocycles. The van der Waals surface area contributed by atoms with E-state index in [1.54, 1.807) is 42.8 Å². The van der Waals surface area contributed by atoms with Crippen molar-refractivity contribution >= 4 is 53.0 Å². The minimum atomic E-state index is -1.05. The van der Waals surface area contributed by atoms with Crippen molar-refractivity contribution in [3.63, 3.8) is 0 Å². The molecule has 0 bridgehead atoms. The van der Waals surface area contributed by atoms with Crippen LogP contribution >= 0.6 is 0 Å². The average molecular weight is 1090 g/mol. The Hall–Kier alpha value is -5.81. The summed E-state index contributed by atoms with van der Waals surface area (Å²) in [7, 11) is 6.23. The van der Waals surface area contributed by atoms with E-state index in [1.165, 1.54) is 31.1 Å². The number of carbonyl (C=O) groups excluding carboxylic acids is 8. The third kappa shape index (κ3) is 17.9. The van der Waals surface area contributed by atoms with Gasteiger partial charge in [-0.1, -0.05) is 123 Å². The maximum absolute atomic E-state index is 14.8. The molecule has 2 fully saturated rings. The lowest BCUT2D eigenvalue weighted by atomic mass is 9.83. The van der Waals surface area contributed by atoms with Crippen LogP contribution in [0.4, 0.5) is 4.79 Å². The highest BCUT2D eigenvalue weighted by Crippen LogP contribution is 2.32. The van der Waals surface area contributed by atoms with Gasteiger partial charge < -0.3 is 34.0 Å². The van der Waals surface area contributed by atoms with Crippen molar-refractivity contribution in [2.45, 2.75) is 176 Å². The van der Waals surface area contributed by atoms with Crippen LogP contribution in [0.3, 0.4) is 0 Å². The molecule has 2 saturated heterocycles. The Morgan fingerprint density at radius 3 is 2.00 bits per heavy atom. The molecule has 2 aromatic rings. The van der Waals surface area contributed by atoms with Crippen LogP contribution in [0.1, 0.15) is 144 Å². The Morgan fingerprint density at radius 1 is 0.782 bits per heavy atom. The van der Waals surface area contributed by atoms with Gasteiger partial charge in [0.2, 0.25) is 23.6 Å². The SMILES string of the molecule is CC[C@H](C)[C@@H]([C@@H](CC(=O)N1CCC[C@H]1[C@H](OC)[C@@H](C)C(=O)C[C@@H](Cc1ccccc1)C(=O)O)OC)N(C)C(=O)[C@@H](CC(=O)[C@H](C(C)C)N(C)C(=O)OCc1ccc(CC(=O)CCCCCN2C(=O)CC(C)C2=O)cc1)C(C)C.[HH]. The Morgan fingerprint density at radius 2 is 1.44 bits per heavy atom. The van der Waals surface area contributed by atoms with Crippen molar-refractivity contribution in [2.75, 3.05) is 41.4 Å². The number of likely N-dealkylation sites (tertiary alicyclic amines) is 2. The number of carboxylic acid groups (broad SMARTS) is 1. The standard InChI is InChI=1S/C61H90N4O13.H2/c1-13-40(6)56(52(76-11)36-54(70)64-30-20-24-49(64)57(77-12)42(8)50(67)34-46(60(73)74)32-43-21-16-14-17-22-43)62(9)59(72)48(38(2)3)35-51(68)55(39(4)5)63(10)61(75)78-37-45-27-25-44(26-28-45)33-47(66)23-18-15-19-29-65-53(69)31-41(7)58(65)71;/h14,16-17,21-22,25-28,38-42,46,48-49,52,55-57H,13,15,18-20,23-24,29-37H2,1-12H3,(H,73,74);1H/t40-,41?,42-,46+,48-,49-,52+,55-,56-,57+;/m0./s1. The van der Waals surface area contributed by atoms with E-state index in [-0.39, 0.29) is 111 Å². The van der Waals surface area contributed by atoms with E-state index in [4.69, 9.17) is 14.2 Å². The minimum absolute atomic E-state index is 0. The van der Waals surface area contributed by atoms with Gasteiger partial charge >= 0.3 is 12.1 Å². The maximum atomic E-state index is 14.8. The van der Waals surface area contributed by atoms with Crippen molar-refractivity contribution < 1.29 is 63.9 Å². The number of ketones is 3. The molecule has 4 rings (SSSR count). The number of rotatable bonds is 33. The number of methoxy groups -OCH3 is 2. The number of imide groups is 1. The van der Waals surface area contributed by atoms with E-state index < -0.39 is 60.1 Å². The number of likely N-dealkylation sites (N-methyl/N-ethyl adjacent to an activating group) is 2. The molecule has 2 heterocycles. The summed E-state index contributed by atoms with van der Waals surface area (Å²) in [5.41, 5.74) is 2.34. The number of unbranched alkanes of at least 4 members (excludes halogenated alkanes) is 2. The fourth-order valence-corrected chi connectivity index (χ4v) is 11.4. The van der Waals surface area contributed by atoms with Crippen molar-refractivity contribution in [1.29, 1.82) is 0 Å². The number of Topliss-reactive ketones (excluding diaryl/α,β-unsaturated/α-hetero) is 3. The van der Waals surface area contributed by atoms with Gasteiger partial charge in [-0.2, -0.15) is 0 Å². The summed E-state index contributed by atoms with van der Waals surface area (Å²) < 4.78 is 17.7. The monoisotopic (exact) mass is 1090 g/mol. The normalized spacial score (nSPS) is 18.7. The number of carbonyl (C=O) groups is 9. The quantitative estimate of drug-likeness (QED) is 0.0524. The first-order valence-corrected chi connectivity index (χ1v) is 28.2. The van der Waals surface area contributed by atoms with Crippen LogP contribution in [-0.2, 0) is 72.0 Å². The van der Waals surface area contributed by atoms with Gasteiger partial charge in [-0.25, -0.2) is 4.79 Å². The van der Waals surface area contributed by atoms with Gasteiger partial charge in [0.25, 0.3) is 0 Å². The minimum Gasteiger partial charge on any atom is -0.481 e. The second-order valence-corrected chi connectivity index (χ2v) is 22.7. The molecule has 0 aliphatic carbocycles. The van der Waals surface area contributed by atoms with E-state index in [2.05, 4.69) is 0 Å². The average Bonchev–Trinajstić information content (AvgIpc) is 4.00. The van der Waals surface area contributed by atoms with Gasteiger partial charge in [0, 0.05) is 92.7 Å². The Bertz CT molecular complexity index is 2350. The summed E-state index contributed by atoms with van der Waals surface area (Å²) in [5, 5.41) is 10.0. The summed E-state index contributed by atoms with van der Waals surface area (Å²) >= 11 is 0. The zero-order chi connectivity index (χ0) is 58.0. The van der Waals surface area contributed by atoms with E-state index in [9.17, 15) is 48.3 Å². The Labute approximate surface area is 464 Å². The molecule has 0 aromatic heterocycles. The number of hydrogen-bond acceptors (Lipinski definition) is 12. The molecule has 10 atom stereocenters. The molecular weight excluding hydrogens is 997 g/mol. The topological polar surface area (TPSA) is 215 Å². The molecule has 78 heavy (non-hydrogen) atoms. The lowest BCUT2D eigenvalue weighted by molar-refractivity contribution is -0.149. The third-order valence-corrected chi connectivity index (χ3v) is 16.3. The summed E-state index contributed by atoms with van der Waals surface area (Å²) in [6.07, 6.45) is 2.59. The lowest BCUT2D eigenvalue weighted by Crippen LogP contribution is -2.54. The number of hydrogen-bond donors (Lipinski definition) is 1. The molecule has 1 N–H and O–H groups in total. The van der Waals surface area contributed by atoms with E-state index in [0.29, 0.717) is 57.2 Å². The number of benzene rings is 2. The largest absolute Gasteiger partial charge is 0.481 e. The second-order valence-electron chi connectivity index (χ2n) is 22.7. The van der Waals surface area contributed by atoms with Crippen LogP contribution in [0.25, 0.3) is 0 Å². The predicted molar refractivity (Wildman–Crippen MR) is 298 cm³/mol. The van der Waals surface area contributed by atoms with E-state index in [0.717, 1.165) is 17.5 Å². The highest BCUT2D eigenvalue weighted by atomic mass is 16.6. The number of ether oxygens (including phenoxy) is 3. The fourth-order valence-electron chi connectivity index (χ4n) is 11.4. The molecule has 2 aliphatic heterocycles. The highest BCUT2D eigenvalue weighted by molar-refractivity contribution is 6.03. The van der Waals surface area contributed by atoms with E-state index in [1.807, 2.05) is 84.0 Å². The Kier molecular flexibility index (Phi) is 25.8. The van der Waals surface area contributed by atoms with E-state index >= 15 is 0 Å². The molecule has 0 spiro atoms. The summed E-state index contributed by atoms with van der Waals surface area (Å²) in [5.74, 6) is -5.63. The van der Waals surface area contributed by atoms with Crippen LogP contribution in [-0.4, -0.2) is 149 Å². The molecule has 17 nitrogen and oxygen atoms in total. The van der Waals surface area contributed by atoms with Gasteiger partial charge in [-0.05, 0) is 66.5 Å². The number of amides is 5. The highest BCUT2D eigenvalue weighted by Gasteiger charge is 2.44. The summed E-state index contributed by atoms with van der Waals surface area (Å²) in [6, 6.07) is 14.5. The molecular formula is C61H92N4O13. The number of aliphatic carboxylic acids is 1. The second kappa shape index (κ2) is 31.1. The first-order chi connectivity index (χ1) is 36.9. The predicted octanol–water partition coefficient (Wildman–Crippen LogP) is 8.65. The van der Waals surface area contributed by atoms with Crippen molar-refractivity contribution in [3.8, 4) is 0 Å². The molecule has 17 heteroatoms. The van der Waals surface area contributed by atoms with Gasteiger partial charge in [-0.3, -0.25) is 43.3 Å². The van der Waals surface area contributed by atoms with Crippen molar-refractivity contribution in [3.05, 3.63) is 71.3 Å². The maximum Gasteiger partial charge on any atom is 0.410 e. The number of carboxylic acids is 1. The van der Waals surface area contributed by atoms with Gasteiger partial charge in [0.05, 0.1) is 42.7 Å². The Balaban J connectivity index is 0.0000164. The van der Waals surface area contributed by atoms with Crippen LogP contribution in [0.15, 0.2) is 54.6 Å².